The van der Waals surface area contributed by atoms with Gasteiger partial charge in [0.05, 0.1) is 6.20 Å². The molecule has 7 nitrogen and oxygen atoms in total. The molecule has 0 atom stereocenters. The van der Waals surface area contributed by atoms with Crippen molar-refractivity contribution >= 4 is 10.0 Å². The van der Waals surface area contributed by atoms with E-state index >= 15 is 0 Å². The minimum atomic E-state index is -3.49. The fourth-order valence-corrected chi connectivity index (χ4v) is 3.98. The summed E-state index contributed by atoms with van der Waals surface area (Å²) < 4.78 is 26.5. The Bertz CT molecular complexity index is 517. The first-order valence-electron chi connectivity index (χ1n) is 6.35. The van der Waals surface area contributed by atoms with Crippen molar-refractivity contribution in [3.8, 4) is 0 Å². The number of aromatic amines is 1. The van der Waals surface area contributed by atoms with E-state index in [-0.39, 0.29) is 11.6 Å². The molecule has 108 valence electrons. The molecule has 0 amide bonds. The number of nitrogens with two attached hydrogens (primary N) is 1. The van der Waals surface area contributed by atoms with Crippen LogP contribution in [-0.2, 0) is 16.6 Å². The second kappa shape index (κ2) is 5.58. The molecule has 19 heavy (non-hydrogen) atoms. The van der Waals surface area contributed by atoms with Crippen molar-refractivity contribution in [3.63, 3.8) is 0 Å². The lowest BCUT2D eigenvalue weighted by Gasteiger charge is -2.34. The minimum absolute atomic E-state index is 0.137. The molecule has 0 aliphatic carbocycles. The highest BCUT2D eigenvalue weighted by Gasteiger charge is 2.32. The molecule has 1 aromatic rings. The SMILES string of the molecule is CN(C)C1CCN(S(=O)(=O)c2[nH]ncc2CN)CC1. The zero-order chi connectivity index (χ0) is 14.0. The van der Waals surface area contributed by atoms with E-state index < -0.39 is 10.0 Å². The summed E-state index contributed by atoms with van der Waals surface area (Å²) in [4.78, 5) is 2.14. The van der Waals surface area contributed by atoms with Crippen molar-refractivity contribution in [1.29, 1.82) is 0 Å². The molecule has 0 saturated carbocycles. The standard InChI is InChI=1S/C11H21N5O2S/c1-15(2)10-3-5-16(6-4-10)19(17,18)11-9(7-12)8-13-14-11/h8,10H,3-7,12H2,1-2H3,(H,13,14). The van der Waals surface area contributed by atoms with Gasteiger partial charge in [0.2, 0.25) is 0 Å². The Morgan fingerprint density at radius 3 is 2.63 bits per heavy atom. The Morgan fingerprint density at radius 2 is 2.11 bits per heavy atom. The summed E-state index contributed by atoms with van der Waals surface area (Å²) in [5, 5.41) is 6.47. The fourth-order valence-electron chi connectivity index (χ4n) is 2.40. The molecule has 0 aromatic carbocycles. The van der Waals surface area contributed by atoms with E-state index in [9.17, 15) is 8.42 Å². The topological polar surface area (TPSA) is 95.3 Å². The molecule has 0 radical (unpaired) electrons. The summed E-state index contributed by atoms with van der Waals surface area (Å²) in [5.41, 5.74) is 6.07. The monoisotopic (exact) mass is 287 g/mol. The molecule has 1 saturated heterocycles. The zero-order valence-corrected chi connectivity index (χ0v) is 12.2. The predicted octanol–water partition coefficient (Wildman–Crippen LogP) is -0.417. The van der Waals surface area contributed by atoms with E-state index in [4.69, 9.17) is 5.73 Å². The summed E-state index contributed by atoms with van der Waals surface area (Å²) in [6.45, 7) is 1.24. The van der Waals surface area contributed by atoms with Crippen molar-refractivity contribution in [2.45, 2.75) is 30.5 Å². The summed E-state index contributed by atoms with van der Waals surface area (Å²) >= 11 is 0. The quantitative estimate of drug-likeness (QED) is 0.784. The summed E-state index contributed by atoms with van der Waals surface area (Å²) in [7, 11) is 0.554. The highest BCUT2D eigenvalue weighted by Crippen LogP contribution is 2.22. The van der Waals surface area contributed by atoms with E-state index in [0.717, 1.165) is 12.8 Å². The second-order valence-electron chi connectivity index (χ2n) is 5.03. The number of nitrogens with zero attached hydrogens (tertiary/aromatic N) is 3. The molecular weight excluding hydrogens is 266 g/mol. The third-order valence-corrected chi connectivity index (χ3v) is 5.56. The van der Waals surface area contributed by atoms with Crippen LogP contribution in [0.25, 0.3) is 0 Å². The van der Waals surface area contributed by atoms with E-state index in [1.54, 1.807) is 0 Å². The van der Waals surface area contributed by atoms with Gasteiger partial charge in [0.15, 0.2) is 5.03 Å². The average molecular weight is 287 g/mol. The summed E-state index contributed by atoms with van der Waals surface area (Å²) in [6.07, 6.45) is 3.16. The molecule has 2 rings (SSSR count). The molecular formula is C11H21N5O2S. The molecule has 8 heteroatoms. The van der Waals surface area contributed by atoms with E-state index in [0.29, 0.717) is 24.7 Å². The van der Waals surface area contributed by atoms with Gasteiger partial charge in [0.25, 0.3) is 10.0 Å². The van der Waals surface area contributed by atoms with Crippen molar-refractivity contribution in [2.75, 3.05) is 27.2 Å². The minimum Gasteiger partial charge on any atom is -0.326 e. The third kappa shape index (κ3) is 2.81. The van der Waals surface area contributed by atoms with E-state index in [1.165, 1.54) is 10.5 Å². The molecule has 1 fully saturated rings. The maximum Gasteiger partial charge on any atom is 0.260 e. The predicted molar refractivity (Wildman–Crippen MR) is 71.9 cm³/mol. The smallest absolute Gasteiger partial charge is 0.260 e. The highest BCUT2D eigenvalue weighted by atomic mass is 32.2. The lowest BCUT2D eigenvalue weighted by Crippen LogP contribution is -2.44. The third-order valence-electron chi connectivity index (χ3n) is 3.65. The molecule has 0 spiro atoms. The van der Waals surface area contributed by atoms with Gasteiger partial charge >= 0.3 is 0 Å². The van der Waals surface area contributed by atoms with Crippen LogP contribution in [0.5, 0.6) is 0 Å². The lowest BCUT2D eigenvalue weighted by atomic mass is 10.1. The van der Waals surface area contributed by atoms with Gasteiger partial charge in [-0.25, -0.2) is 8.42 Å². The number of rotatable bonds is 4. The zero-order valence-electron chi connectivity index (χ0n) is 11.3. The molecule has 1 aliphatic rings. The number of sulfonamides is 1. The highest BCUT2D eigenvalue weighted by molar-refractivity contribution is 7.89. The number of nitrogens with one attached hydrogen (secondary N) is 1. The van der Waals surface area contributed by atoms with Crippen LogP contribution in [0.4, 0.5) is 0 Å². The van der Waals surface area contributed by atoms with Crippen LogP contribution < -0.4 is 5.73 Å². The molecule has 2 heterocycles. The Hall–Kier alpha value is -0.960. The number of aromatic nitrogens is 2. The van der Waals surface area contributed by atoms with Crippen molar-refractivity contribution in [3.05, 3.63) is 11.8 Å². The molecule has 1 aromatic heterocycles. The van der Waals surface area contributed by atoms with Crippen LogP contribution >= 0.6 is 0 Å². The van der Waals surface area contributed by atoms with Crippen LogP contribution in [0.3, 0.4) is 0 Å². The van der Waals surface area contributed by atoms with Gasteiger partial charge in [-0.1, -0.05) is 0 Å². The molecule has 1 aliphatic heterocycles. The van der Waals surface area contributed by atoms with Crippen molar-refractivity contribution < 1.29 is 8.42 Å². The number of H-pyrrole nitrogens is 1. The van der Waals surface area contributed by atoms with Crippen LogP contribution in [0.15, 0.2) is 11.2 Å². The van der Waals surface area contributed by atoms with Gasteiger partial charge in [0, 0.05) is 31.2 Å². The molecule has 0 unspecified atom stereocenters. The maximum atomic E-state index is 12.5. The Morgan fingerprint density at radius 1 is 1.47 bits per heavy atom. The summed E-state index contributed by atoms with van der Waals surface area (Å²) in [5.74, 6) is 0. The van der Waals surface area contributed by atoms with Gasteiger partial charge in [-0.3, -0.25) is 5.10 Å². The number of piperidine rings is 1. The van der Waals surface area contributed by atoms with Crippen molar-refractivity contribution in [1.82, 2.24) is 19.4 Å². The van der Waals surface area contributed by atoms with Crippen molar-refractivity contribution in [2.24, 2.45) is 5.73 Å². The molecule has 0 bridgehead atoms. The van der Waals surface area contributed by atoms with Gasteiger partial charge in [-0.2, -0.15) is 9.40 Å². The summed E-state index contributed by atoms with van der Waals surface area (Å²) in [6, 6.07) is 0.446. The fraction of sp³-hybridized carbons (Fsp3) is 0.727. The normalized spacial score (nSPS) is 19.2. The second-order valence-corrected chi connectivity index (χ2v) is 6.90. The van der Waals surface area contributed by atoms with Crippen LogP contribution in [0, 0.1) is 0 Å². The van der Waals surface area contributed by atoms with Crippen LogP contribution in [-0.4, -0.2) is 61.0 Å². The Labute approximate surface area is 113 Å². The largest absolute Gasteiger partial charge is 0.326 e. The lowest BCUT2D eigenvalue weighted by molar-refractivity contribution is 0.196. The Kier molecular flexibility index (Phi) is 4.24. The van der Waals surface area contributed by atoms with E-state index in [2.05, 4.69) is 15.1 Å². The maximum absolute atomic E-state index is 12.5. The van der Waals surface area contributed by atoms with Gasteiger partial charge in [-0.05, 0) is 26.9 Å². The van der Waals surface area contributed by atoms with Gasteiger partial charge in [0.1, 0.15) is 0 Å². The van der Waals surface area contributed by atoms with Gasteiger partial charge < -0.3 is 10.6 Å². The first-order valence-corrected chi connectivity index (χ1v) is 7.79. The first-order chi connectivity index (χ1) is 8.96. The number of hydrogen-bond acceptors (Lipinski definition) is 5. The van der Waals surface area contributed by atoms with Crippen LogP contribution in [0.2, 0.25) is 0 Å². The van der Waals surface area contributed by atoms with E-state index in [1.807, 2.05) is 14.1 Å². The average Bonchev–Trinajstić information content (AvgIpc) is 2.87. The molecule has 3 N–H and O–H groups in total. The Balaban J connectivity index is 2.14. The van der Waals surface area contributed by atoms with Gasteiger partial charge in [-0.15, -0.1) is 0 Å². The first kappa shape index (κ1) is 14.4. The number of hydrogen-bond donors (Lipinski definition) is 2. The van der Waals surface area contributed by atoms with Crippen LogP contribution in [0.1, 0.15) is 18.4 Å².